The molecule has 0 aliphatic rings. The molecule has 5 heteroatoms. The lowest BCUT2D eigenvalue weighted by atomic mass is 10.2. The molecule has 1 amide bonds. The highest BCUT2D eigenvalue weighted by Crippen LogP contribution is 2.04. The average molecular weight is 257 g/mol. The lowest BCUT2D eigenvalue weighted by Crippen LogP contribution is -2.28. The summed E-state index contributed by atoms with van der Waals surface area (Å²) in [5, 5.41) is 3.03. The quantitative estimate of drug-likeness (QED) is 0.627. The highest BCUT2D eigenvalue weighted by molar-refractivity contribution is 6.29. The summed E-state index contributed by atoms with van der Waals surface area (Å²) in [7, 11) is 0. The third-order valence-electron chi connectivity index (χ3n) is 1.93. The molecule has 4 nitrogen and oxygen atoms in total. The van der Waals surface area contributed by atoms with E-state index in [2.05, 4.69) is 24.1 Å². The number of nitrogens with zero attached hydrogens (tertiary/aromatic N) is 1. The van der Waals surface area contributed by atoms with E-state index in [0.717, 1.165) is 0 Å². The van der Waals surface area contributed by atoms with E-state index in [-0.39, 0.29) is 5.91 Å². The van der Waals surface area contributed by atoms with Crippen LogP contribution < -0.4 is 5.32 Å². The van der Waals surface area contributed by atoms with Crippen LogP contribution in [0.4, 0.5) is 0 Å². The van der Waals surface area contributed by atoms with Crippen molar-refractivity contribution in [2.45, 2.75) is 13.8 Å². The second-order valence-electron chi connectivity index (χ2n) is 4.07. The summed E-state index contributed by atoms with van der Waals surface area (Å²) in [5.41, 5.74) is 0.321. The van der Waals surface area contributed by atoms with E-state index in [9.17, 15) is 4.79 Å². The summed E-state index contributed by atoms with van der Waals surface area (Å²) in [4.78, 5) is 15.5. The molecule has 0 fully saturated rings. The summed E-state index contributed by atoms with van der Waals surface area (Å²) in [6.45, 7) is 5.83. The number of ether oxygens (including phenoxy) is 1. The Labute approximate surface area is 106 Å². The fraction of sp³-hybridized carbons (Fsp3) is 0.500. The van der Waals surface area contributed by atoms with Crippen molar-refractivity contribution in [1.29, 1.82) is 0 Å². The largest absolute Gasteiger partial charge is 0.379 e. The lowest BCUT2D eigenvalue weighted by molar-refractivity contribution is 0.0882. The number of aromatic nitrogens is 1. The molecule has 1 heterocycles. The smallest absolute Gasteiger partial charge is 0.270 e. The SMILES string of the molecule is CC(C)COCCNC(=O)c1cccc(Cl)n1. The lowest BCUT2D eigenvalue weighted by Gasteiger charge is -2.07. The zero-order valence-corrected chi connectivity index (χ0v) is 10.8. The van der Waals surface area contributed by atoms with E-state index >= 15 is 0 Å². The Kier molecular flexibility index (Phi) is 5.94. The third-order valence-corrected chi connectivity index (χ3v) is 2.14. The van der Waals surface area contributed by atoms with Crippen molar-refractivity contribution in [3.8, 4) is 0 Å². The van der Waals surface area contributed by atoms with Crippen molar-refractivity contribution in [3.05, 3.63) is 29.0 Å². The van der Waals surface area contributed by atoms with Gasteiger partial charge in [-0.15, -0.1) is 0 Å². The van der Waals surface area contributed by atoms with Crippen LogP contribution in [0.15, 0.2) is 18.2 Å². The molecule has 0 spiro atoms. The molecule has 0 aliphatic heterocycles. The number of nitrogens with one attached hydrogen (secondary N) is 1. The number of halogens is 1. The molecule has 0 atom stereocenters. The predicted molar refractivity (Wildman–Crippen MR) is 67.2 cm³/mol. The third kappa shape index (κ3) is 5.65. The summed E-state index contributed by atoms with van der Waals surface area (Å²) in [5.74, 6) is 0.265. The molecule has 0 saturated carbocycles. The van der Waals surface area contributed by atoms with Crippen LogP contribution in [0, 0.1) is 5.92 Å². The van der Waals surface area contributed by atoms with E-state index < -0.39 is 0 Å². The highest BCUT2D eigenvalue weighted by atomic mass is 35.5. The van der Waals surface area contributed by atoms with Crippen molar-refractivity contribution in [3.63, 3.8) is 0 Å². The first-order chi connectivity index (χ1) is 8.09. The number of hydrogen-bond donors (Lipinski definition) is 1. The monoisotopic (exact) mass is 256 g/mol. The van der Waals surface area contributed by atoms with Crippen LogP contribution in [0.3, 0.4) is 0 Å². The second-order valence-corrected chi connectivity index (χ2v) is 4.46. The van der Waals surface area contributed by atoms with Crippen LogP contribution in [0.5, 0.6) is 0 Å². The molecule has 94 valence electrons. The number of amides is 1. The van der Waals surface area contributed by atoms with Gasteiger partial charge >= 0.3 is 0 Å². The van der Waals surface area contributed by atoms with Gasteiger partial charge in [-0.2, -0.15) is 0 Å². The predicted octanol–water partition coefficient (Wildman–Crippen LogP) is 2.14. The van der Waals surface area contributed by atoms with E-state index in [1.54, 1.807) is 18.2 Å². The van der Waals surface area contributed by atoms with Gasteiger partial charge in [-0.25, -0.2) is 4.98 Å². The zero-order valence-electron chi connectivity index (χ0n) is 10.1. The highest BCUT2D eigenvalue weighted by Gasteiger charge is 2.06. The maximum absolute atomic E-state index is 11.6. The summed E-state index contributed by atoms with van der Waals surface area (Å²) < 4.78 is 5.34. The topological polar surface area (TPSA) is 51.2 Å². The molecule has 0 radical (unpaired) electrons. The van der Waals surface area contributed by atoms with Gasteiger partial charge in [0.2, 0.25) is 0 Å². The molecular weight excluding hydrogens is 240 g/mol. The molecule has 0 unspecified atom stereocenters. The maximum Gasteiger partial charge on any atom is 0.270 e. The number of carbonyl (C=O) groups is 1. The summed E-state index contributed by atoms with van der Waals surface area (Å²) >= 11 is 5.69. The van der Waals surface area contributed by atoms with Gasteiger partial charge in [0, 0.05) is 13.2 Å². The molecule has 1 N–H and O–H groups in total. The van der Waals surface area contributed by atoms with Crippen LogP contribution >= 0.6 is 11.6 Å². The second kappa shape index (κ2) is 7.25. The number of hydrogen-bond acceptors (Lipinski definition) is 3. The normalized spacial score (nSPS) is 10.6. The molecule has 0 aromatic carbocycles. The van der Waals surface area contributed by atoms with E-state index in [1.807, 2.05) is 0 Å². The molecule has 1 rings (SSSR count). The molecule has 0 bridgehead atoms. The standard InChI is InChI=1S/C12H17ClN2O2/c1-9(2)8-17-7-6-14-12(16)10-4-3-5-11(13)15-10/h3-5,9H,6-8H2,1-2H3,(H,14,16). The van der Waals surface area contributed by atoms with Crippen LogP contribution in [-0.2, 0) is 4.74 Å². The molecule has 1 aromatic rings. The van der Waals surface area contributed by atoms with Gasteiger partial charge in [-0.3, -0.25) is 4.79 Å². The summed E-state index contributed by atoms with van der Waals surface area (Å²) in [6.07, 6.45) is 0. The zero-order chi connectivity index (χ0) is 12.7. The molecule has 0 saturated heterocycles. The Morgan fingerprint density at radius 2 is 2.29 bits per heavy atom. The first kappa shape index (κ1) is 13.9. The Balaban J connectivity index is 2.26. The van der Waals surface area contributed by atoms with Gasteiger partial charge in [0.05, 0.1) is 6.61 Å². The fourth-order valence-corrected chi connectivity index (χ4v) is 1.34. The van der Waals surface area contributed by atoms with Crippen molar-refractivity contribution in [2.75, 3.05) is 19.8 Å². The average Bonchev–Trinajstić information content (AvgIpc) is 2.28. The number of pyridine rings is 1. The molecule has 0 aliphatic carbocycles. The minimum absolute atomic E-state index is 0.236. The van der Waals surface area contributed by atoms with Crippen LogP contribution in [-0.4, -0.2) is 30.6 Å². The Morgan fingerprint density at radius 3 is 2.94 bits per heavy atom. The van der Waals surface area contributed by atoms with Gasteiger partial charge < -0.3 is 10.1 Å². The number of carbonyl (C=O) groups excluding carboxylic acids is 1. The van der Waals surface area contributed by atoms with Crippen LogP contribution in [0.25, 0.3) is 0 Å². The van der Waals surface area contributed by atoms with Gasteiger partial charge in [0.25, 0.3) is 5.91 Å². The Morgan fingerprint density at radius 1 is 1.53 bits per heavy atom. The van der Waals surface area contributed by atoms with E-state index in [0.29, 0.717) is 36.5 Å². The Bertz CT molecular complexity index is 369. The van der Waals surface area contributed by atoms with Gasteiger partial charge in [0.15, 0.2) is 0 Å². The first-order valence-corrected chi connectivity index (χ1v) is 5.96. The van der Waals surface area contributed by atoms with Gasteiger partial charge in [0.1, 0.15) is 10.8 Å². The van der Waals surface area contributed by atoms with Gasteiger partial charge in [-0.05, 0) is 18.1 Å². The van der Waals surface area contributed by atoms with Gasteiger partial charge in [-0.1, -0.05) is 31.5 Å². The van der Waals surface area contributed by atoms with E-state index in [1.165, 1.54) is 0 Å². The van der Waals surface area contributed by atoms with Crippen molar-refractivity contribution >= 4 is 17.5 Å². The first-order valence-electron chi connectivity index (χ1n) is 5.58. The molecule has 1 aromatic heterocycles. The van der Waals surface area contributed by atoms with E-state index in [4.69, 9.17) is 16.3 Å². The van der Waals surface area contributed by atoms with Crippen molar-refractivity contribution < 1.29 is 9.53 Å². The maximum atomic E-state index is 11.6. The van der Waals surface area contributed by atoms with Crippen LogP contribution in [0.1, 0.15) is 24.3 Å². The molecular formula is C12H17ClN2O2. The van der Waals surface area contributed by atoms with Crippen molar-refractivity contribution in [2.24, 2.45) is 5.92 Å². The minimum Gasteiger partial charge on any atom is -0.379 e. The fourth-order valence-electron chi connectivity index (χ4n) is 1.18. The minimum atomic E-state index is -0.236. The number of rotatable bonds is 6. The Hall–Kier alpha value is -1.13. The van der Waals surface area contributed by atoms with Crippen LogP contribution in [0.2, 0.25) is 5.15 Å². The summed E-state index contributed by atoms with van der Waals surface area (Å²) in [6, 6.07) is 4.94. The van der Waals surface area contributed by atoms with Crippen molar-refractivity contribution in [1.82, 2.24) is 10.3 Å². The molecule has 17 heavy (non-hydrogen) atoms.